The predicted molar refractivity (Wildman–Crippen MR) is 292 cm³/mol. The number of amides is 4. The summed E-state index contributed by atoms with van der Waals surface area (Å²) in [6.07, 6.45) is 15.1. The van der Waals surface area contributed by atoms with Crippen LogP contribution < -0.4 is 15.1 Å². The van der Waals surface area contributed by atoms with Gasteiger partial charge < -0.3 is 15.1 Å². The van der Waals surface area contributed by atoms with Crippen molar-refractivity contribution in [2.75, 3.05) is 13.1 Å². The van der Waals surface area contributed by atoms with Crippen molar-refractivity contribution in [1.29, 1.82) is 0 Å². The van der Waals surface area contributed by atoms with Crippen LogP contribution in [0.25, 0.3) is 0 Å². The van der Waals surface area contributed by atoms with E-state index in [4.69, 9.17) is 20.2 Å². The van der Waals surface area contributed by atoms with Crippen molar-refractivity contribution in [3.63, 3.8) is 0 Å². The number of carbonyl (C=O) groups is 8. The first-order chi connectivity index (χ1) is 39.7. The molecule has 24 nitrogen and oxygen atoms in total. The molecule has 0 aliphatic carbocycles. The van der Waals surface area contributed by atoms with Crippen LogP contribution in [0, 0.1) is 4.91 Å². The van der Waals surface area contributed by atoms with E-state index in [0.717, 1.165) is 67.4 Å². The molecule has 1 fully saturated rings. The Kier molecular flexibility index (Phi) is 33.7. The first-order valence-corrected chi connectivity index (χ1v) is 28.0. The molecule has 4 aromatic carbocycles. The maximum Gasteiger partial charge on any atom is 0.0714 e. The summed E-state index contributed by atoms with van der Waals surface area (Å²) in [6, 6.07) is 24.7. The Morgan fingerprint density at radius 1 is 0.646 bits per heavy atom. The fraction of sp³-hybridized carbons (Fsp3) is 0.407. The van der Waals surface area contributed by atoms with Crippen molar-refractivity contribution in [1.82, 2.24) is 4.90 Å². The van der Waals surface area contributed by atoms with Crippen molar-refractivity contribution in [3.05, 3.63) is 124 Å². The van der Waals surface area contributed by atoms with Crippen molar-refractivity contribution in [2.24, 2.45) is 5.09 Å². The number of quaternary nitrogens is 1. The maximum absolute atomic E-state index is 12.3. The summed E-state index contributed by atoms with van der Waals surface area (Å²) in [4.78, 5) is 119. The number of unbranched alkanes of at least 4 members (excludes halogenated alkanes) is 10. The number of nitrogens with zero attached hydrogens (tertiary/aromatic N) is 3. The third-order valence-corrected chi connectivity index (χ3v) is 13.6. The van der Waals surface area contributed by atoms with Crippen molar-refractivity contribution in [2.45, 2.75) is 139 Å². The summed E-state index contributed by atoms with van der Waals surface area (Å²) in [6.45, 7) is 4.70. The fourth-order valence-electron chi connectivity index (χ4n) is 8.19. The Morgan fingerprint density at radius 2 is 1.09 bits per heavy atom. The zero-order valence-corrected chi connectivity index (χ0v) is 47.5. The molecule has 4 amide bonds. The molecule has 442 valence electrons. The van der Waals surface area contributed by atoms with Gasteiger partial charge in [0.15, 0.2) is 0 Å². The summed E-state index contributed by atoms with van der Waals surface area (Å²) < 4.78 is 13.0. The Bertz CT molecular complexity index is 2630. The van der Waals surface area contributed by atoms with E-state index in [0.29, 0.717) is 57.1 Å². The molecule has 28 heteroatoms. The van der Waals surface area contributed by atoms with E-state index in [9.17, 15) is 48.7 Å². The average molecular weight is 1200 g/mol. The number of ether oxygens (including phenoxy) is 1. The topological polar surface area (TPSA) is 330 Å². The minimum atomic E-state index is -0.934. The molecule has 0 bridgehead atoms. The van der Waals surface area contributed by atoms with E-state index in [1.165, 1.54) is 50.7 Å². The number of benzene rings is 4. The molecule has 3 heterocycles. The Morgan fingerprint density at radius 3 is 1.52 bits per heavy atom. The SMILES string of the molecule is CCCCCCCCC(=O)OOC(=O)CCCN1C(=O)c2ccccc2C1=O.CCCCCCCCC(=O)Oc1ccc(SOO[O-])cc1.O=C(OO)C1CC[N+]12C(=O)c1ccccc1C2=O.O=NB=S.[O-]c1ccc(SOOO)cc1. The van der Waals surface area contributed by atoms with Gasteiger partial charge in [-0.25, -0.2) is 39.0 Å². The number of carbonyl (C=O) groups excluding carboxylic acids is 8. The second kappa shape index (κ2) is 39.7. The van der Waals surface area contributed by atoms with Gasteiger partial charge in [0.25, 0.3) is 11.8 Å². The summed E-state index contributed by atoms with van der Waals surface area (Å²) in [5.41, 5.74) is 1.41. The maximum atomic E-state index is 12.3. The van der Waals surface area contributed by atoms with E-state index in [-0.39, 0.29) is 55.9 Å². The molecular weight excluding hydrogens is 1130 g/mol. The van der Waals surface area contributed by atoms with Gasteiger partial charge in [-0.3, -0.25) is 29.2 Å². The molecule has 82 heavy (non-hydrogen) atoms. The third kappa shape index (κ3) is 22.9. The quantitative estimate of drug-likeness (QED) is 0.00536. The van der Waals surface area contributed by atoms with Crippen LogP contribution in [0.5, 0.6) is 11.5 Å². The summed E-state index contributed by atoms with van der Waals surface area (Å²) >= 11 is 5.56. The molecule has 3 aliphatic heterocycles. The van der Waals surface area contributed by atoms with Gasteiger partial charge in [-0.1, -0.05) is 119 Å². The molecule has 0 aromatic heterocycles. The van der Waals surface area contributed by atoms with Gasteiger partial charge in [-0.2, -0.15) is 14.1 Å². The van der Waals surface area contributed by atoms with E-state index < -0.39 is 40.2 Å². The number of rotatable bonds is 27. The van der Waals surface area contributed by atoms with Gasteiger partial charge in [0.2, 0.25) is 6.04 Å². The zero-order valence-electron chi connectivity index (χ0n) is 45.0. The van der Waals surface area contributed by atoms with Crippen LogP contribution in [-0.2, 0) is 52.6 Å². The van der Waals surface area contributed by atoms with Crippen LogP contribution in [0.4, 0.5) is 0 Å². The number of hydrogen-bond donors (Lipinski definition) is 2. The number of nitroso groups, excluding NO2 is 1. The van der Waals surface area contributed by atoms with Crippen LogP contribution >= 0.6 is 36.1 Å². The molecule has 3 aliphatic rings. The van der Waals surface area contributed by atoms with E-state index >= 15 is 0 Å². The minimum absolute atomic E-state index is 0.0578. The van der Waals surface area contributed by atoms with Gasteiger partial charge in [0, 0.05) is 22.8 Å². The second-order valence-electron chi connectivity index (χ2n) is 17.9. The summed E-state index contributed by atoms with van der Waals surface area (Å²) in [5, 5.41) is 45.2. The molecule has 0 radical (unpaired) electrons. The zero-order chi connectivity index (χ0) is 60.1. The van der Waals surface area contributed by atoms with E-state index in [1.54, 1.807) is 84.9 Å². The van der Waals surface area contributed by atoms with Gasteiger partial charge in [-0.05, 0) is 79.9 Å². The van der Waals surface area contributed by atoms with Crippen LogP contribution in [0.3, 0.4) is 0 Å². The largest absolute Gasteiger partial charge is 0.872 e. The van der Waals surface area contributed by atoms with Crippen LogP contribution in [0.1, 0.15) is 164 Å². The summed E-state index contributed by atoms with van der Waals surface area (Å²) in [5.74, 6) is -3.51. The Hall–Kier alpha value is -6.70. The van der Waals surface area contributed by atoms with Gasteiger partial charge in [0.05, 0.1) is 65.6 Å². The number of fused-ring (bicyclic) bond motifs is 2. The number of hydrogen-bond acceptors (Lipinski definition) is 24. The molecule has 7 rings (SSSR count). The van der Waals surface area contributed by atoms with Crippen LogP contribution in [-0.4, -0.2) is 92.8 Å². The molecular formula is C54H63BN3O21S3-. The monoisotopic (exact) mass is 1200 g/mol. The molecule has 0 saturated carbocycles. The molecule has 1 spiro atoms. The molecule has 1 atom stereocenters. The van der Waals surface area contributed by atoms with Gasteiger partial charge >= 0.3 is 64.0 Å². The predicted octanol–water partition coefficient (Wildman–Crippen LogP) is 9.65. The number of imide groups is 2. The smallest absolute Gasteiger partial charge is 0.0714 e. The Labute approximate surface area is 487 Å². The van der Waals surface area contributed by atoms with Crippen molar-refractivity contribution < 1.29 is 102 Å². The third-order valence-electron chi connectivity index (χ3n) is 12.3. The summed E-state index contributed by atoms with van der Waals surface area (Å²) in [7, 11) is 0. The molecule has 2 N–H and O–H groups in total. The van der Waals surface area contributed by atoms with Gasteiger partial charge in [0.1, 0.15) is 12.3 Å². The van der Waals surface area contributed by atoms with E-state index in [1.807, 2.05) is 0 Å². The van der Waals surface area contributed by atoms with Gasteiger partial charge in [-0.15, -0.1) is 10.1 Å². The van der Waals surface area contributed by atoms with Crippen LogP contribution in [0.15, 0.2) is 112 Å². The van der Waals surface area contributed by atoms with Crippen LogP contribution in [0.2, 0.25) is 0 Å². The van der Waals surface area contributed by atoms with E-state index in [2.05, 4.69) is 64.4 Å². The standard InChI is InChI=1S/C21H27NO6.C15H22O5S.C12H9NO5.C6H6O4S.BNOS/c1-2-3-4-5-6-7-13-18(23)27-28-19(24)14-10-15-22-20(25)16-11-8-9-12-17(16)21(22)26;1-2-3-4-5-6-7-8-15(16)18-13-9-11-14(12-10-13)21-20-19-17;14-10-7-3-1-2-4-8(7)11(15)13(10)6-5-9(13)12(16)18-17;7-5-1-3-6(4-2-5)11-10-9-8;3-2-1-4/h8-9,11-12H,2-7,10,13-15H2,1H3;9-12,17H,2-8H2,1H3;1-4,9H,5-6H2;1-4,7-8H;/p-1. The second-order valence-corrected chi connectivity index (χ2v) is 19.7. The fourth-order valence-corrected chi connectivity index (χ4v) is 8.90. The molecule has 1 unspecified atom stereocenters. The minimum Gasteiger partial charge on any atom is -0.872 e. The Balaban J connectivity index is 0.000000291. The normalized spacial score (nSPS) is 13.8. The van der Waals surface area contributed by atoms with Crippen molar-refractivity contribution in [3.8, 4) is 11.5 Å². The first-order valence-electron chi connectivity index (χ1n) is 26.1. The molecule has 4 aromatic rings. The average Bonchev–Trinajstić information content (AvgIpc) is 3.91. The molecule has 1 saturated heterocycles. The van der Waals surface area contributed by atoms with Crippen molar-refractivity contribution >= 4 is 89.9 Å². The first kappa shape index (κ1) is 69.6. The number of esters is 1.